The van der Waals surface area contributed by atoms with Gasteiger partial charge in [0.2, 0.25) is 9.84 Å². The average molecular weight is 234 g/mol. The van der Waals surface area contributed by atoms with Crippen LogP contribution in [0.15, 0.2) is 46.1 Å². The molecule has 6 heteroatoms. The van der Waals surface area contributed by atoms with E-state index in [1.165, 1.54) is 19.1 Å². The molecule has 0 saturated carbocycles. The molecule has 1 aromatic carbocycles. The van der Waals surface area contributed by atoms with Crippen molar-refractivity contribution < 1.29 is 37.1 Å². The number of ether oxygens (including phenoxy) is 1. The van der Waals surface area contributed by atoms with Crippen LogP contribution < -0.4 is 24.0 Å². The van der Waals surface area contributed by atoms with Gasteiger partial charge in [0.25, 0.3) is 0 Å². The third-order valence-electron chi connectivity index (χ3n) is 1.93. The summed E-state index contributed by atoms with van der Waals surface area (Å²) in [4.78, 5) is -0.218. The first-order valence-corrected chi connectivity index (χ1v) is 5.70. The van der Waals surface area contributed by atoms with E-state index in [1.807, 2.05) is 0 Å². The SMILES string of the molecule is CO/C([O-])=C(\C)S(=O)(=O)c1ccccc1.[Li+]. The molecule has 0 spiro atoms. The van der Waals surface area contributed by atoms with E-state index in [0.717, 1.165) is 7.11 Å². The molecular weight excluding hydrogens is 223 g/mol. The predicted molar refractivity (Wildman–Crippen MR) is 53.3 cm³/mol. The Hall–Kier alpha value is -0.893. The molecular formula is C10H11LiO4S. The molecule has 0 atom stereocenters. The number of rotatable bonds is 3. The van der Waals surface area contributed by atoms with Crippen molar-refractivity contribution in [3.63, 3.8) is 0 Å². The van der Waals surface area contributed by atoms with Crippen LogP contribution in [0.5, 0.6) is 0 Å². The molecule has 1 aromatic rings. The summed E-state index contributed by atoms with van der Waals surface area (Å²) in [6.45, 7) is 1.23. The van der Waals surface area contributed by atoms with Crippen molar-refractivity contribution in [2.75, 3.05) is 7.11 Å². The predicted octanol–water partition coefficient (Wildman–Crippen LogP) is -2.34. The zero-order chi connectivity index (χ0) is 11.5. The van der Waals surface area contributed by atoms with Gasteiger partial charge >= 0.3 is 18.9 Å². The van der Waals surface area contributed by atoms with E-state index in [9.17, 15) is 13.5 Å². The zero-order valence-corrected chi connectivity index (χ0v) is 10.2. The fraction of sp³-hybridized carbons (Fsp3) is 0.200. The Bertz CT molecular complexity index is 465. The third-order valence-corrected chi connectivity index (χ3v) is 3.80. The van der Waals surface area contributed by atoms with E-state index in [0.29, 0.717) is 0 Å². The molecule has 0 bridgehead atoms. The van der Waals surface area contributed by atoms with Crippen LogP contribution in [0.25, 0.3) is 0 Å². The minimum absolute atomic E-state index is 0. The van der Waals surface area contributed by atoms with Gasteiger partial charge in [-0.3, -0.25) is 0 Å². The molecule has 0 heterocycles. The van der Waals surface area contributed by atoms with Gasteiger partial charge in [-0.1, -0.05) is 18.2 Å². The molecule has 0 radical (unpaired) electrons. The fourth-order valence-electron chi connectivity index (χ4n) is 1.03. The van der Waals surface area contributed by atoms with Crippen LogP contribution in [0.1, 0.15) is 6.92 Å². The van der Waals surface area contributed by atoms with Gasteiger partial charge in [0, 0.05) is 0 Å². The number of sulfone groups is 1. The number of allylic oxidation sites excluding steroid dienone is 1. The van der Waals surface area contributed by atoms with Crippen molar-refractivity contribution >= 4 is 9.84 Å². The van der Waals surface area contributed by atoms with Gasteiger partial charge in [-0.2, -0.15) is 0 Å². The Morgan fingerprint density at radius 2 is 1.75 bits per heavy atom. The van der Waals surface area contributed by atoms with Crippen LogP contribution in [-0.4, -0.2) is 15.5 Å². The van der Waals surface area contributed by atoms with Crippen LogP contribution in [-0.2, 0) is 14.6 Å². The molecule has 0 saturated heterocycles. The van der Waals surface area contributed by atoms with Gasteiger partial charge in [-0.05, 0) is 26.2 Å². The van der Waals surface area contributed by atoms with E-state index in [4.69, 9.17) is 0 Å². The number of methoxy groups -OCH3 is 1. The molecule has 16 heavy (non-hydrogen) atoms. The van der Waals surface area contributed by atoms with Crippen molar-refractivity contribution in [1.82, 2.24) is 0 Å². The smallest absolute Gasteiger partial charge is 0.616 e. The normalized spacial score (nSPS) is 12.4. The molecule has 0 fully saturated rings. The molecule has 0 amide bonds. The summed E-state index contributed by atoms with van der Waals surface area (Å²) in [5.74, 6) is -0.834. The average Bonchev–Trinajstić information content (AvgIpc) is 2.28. The van der Waals surface area contributed by atoms with Crippen LogP contribution in [0, 0.1) is 0 Å². The van der Waals surface area contributed by atoms with Crippen molar-refractivity contribution in [2.45, 2.75) is 11.8 Å². The van der Waals surface area contributed by atoms with Gasteiger partial charge in [-0.15, -0.1) is 0 Å². The van der Waals surface area contributed by atoms with Gasteiger partial charge in [0.1, 0.15) is 0 Å². The maximum Gasteiger partial charge on any atom is 1.00 e. The molecule has 0 aliphatic rings. The zero-order valence-electron chi connectivity index (χ0n) is 9.43. The first-order chi connectivity index (χ1) is 7.00. The Labute approximate surface area is 107 Å². The Kier molecular flexibility index (Phi) is 5.66. The molecule has 4 nitrogen and oxygen atoms in total. The maximum atomic E-state index is 11.8. The summed E-state index contributed by atoms with van der Waals surface area (Å²) in [6, 6.07) is 7.75. The third kappa shape index (κ3) is 3.05. The van der Waals surface area contributed by atoms with E-state index in [1.54, 1.807) is 18.2 Å². The molecule has 0 aromatic heterocycles. The molecule has 0 N–H and O–H groups in total. The van der Waals surface area contributed by atoms with E-state index in [2.05, 4.69) is 4.74 Å². The minimum Gasteiger partial charge on any atom is -0.616 e. The summed E-state index contributed by atoms with van der Waals surface area (Å²) in [7, 11) is -2.56. The van der Waals surface area contributed by atoms with Crippen LogP contribution in [0.4, 0.5) is 0 Å². The van der Waals surface area contributed by atoms with Gasteiger partial charge < -0.3 is 9.84 Å². The van der Waals surface area contributed by atoms with E-state index >= 15 is 0 Å². The topological polar surface area (TPSA) is 66.4 Å². The summed E-state index contributed by atoms with van der Waals surface area (Å²) < 4.78 is 28.0. The second-order valence-electron chi connectivity index (χ2n) is 2.86. The standard InChI is InChI=1S/C10H12O4S.Li/c1-8(10(11)14-2)15(12,13)9-6-4-3-5-7-9;/h3-7,11H,1-2H3;/q;+1/p-1/b10-8+;. The molecule has 1 rings (SSSR count). The van der Waals surface area contributed by atoms with Gasteiger partial charge in [0.15, 0.2) is 0 Å². The summed E-state index contributed by atoms with van der Waals surface area (Å²) >= 11 is 0. The molecule has 82 valence electrons. The summed E-state index contributed by atoms with van der Waals surface area (Å²) in [6.07, 6.45) is 0. The van der Waals surface area contributed by atoms with Crippen LogP contribution in [0.2, 0.25) is 0 Å². The van der Waals surface area contributed by atoms with E-state index in [-0.39, 0.29) is 28.7 Å². The quantitative estimate of drug-likeness (QED) is 0.434. The summed E-state index contributed by atoms with van der Waals surface area (Å²) in [5, 5.41) is 11.1. The second-order valence-corrected chi connectivity index (χ2v) is 4.95. The van der Waals surface area contributed by atoms with Crippen molar-refractivity contribution in [1.29, 1.82) is 0 Å². The first-order valence-electron chi connectivity index (χ1n) is 4.22. The van der Waals surface area contributed by atoms with Gasteiger partial charge in [-0.25, -0.2) is 8.42 Å². The monoisotopic (exact) mass is 234 g/mol. The van der Waals surface area contributed by atoms with Crippen molar-refractivity contribution in [3.05, 3.63) is 41.2 Å². The second kappa shape index (κ2) is 5.99. The van der Waals surface area contributed by atoms with Crippen molar-refractivity contribution in [2.24, 2.45) is 0 Å². The Morgan fingerprint density at radius 1 is 1.25 bits per heavy atom. The summed E-state index contributed by atoms with van der Waals surface area (Å²) in [5.41, 5.74) is 0. The van der Waals surface area contributed by atoms with E-state index < -0.39 is 15.8 Å². The molecule has 0 aliphatic heterocycles. The van der Waals surface area contributed by atoms with Gasteiger partial charge in [0.05, 0.1) is 15.7 Å². The Morgan fingerprint density at radius 3 is 2.19 bits per heavy atom. The largest absolute Gasteiger partial charge is 1.00 e. The molecule has 0 aliphatic carbocycles. The number of hydrogen-bond donors (Lipinski definition) is 0. The first kappa shape index (κ1) is 15.1. The van der Waals surface area contributed by atoms with Crippen LogP contribution >= 0.6 is 0 Å². The minimum atomic E-state index is -3.71. The molecule has 0 unspecified atom stereocenters. The number of hydrogen-bond acceptors (Lipinski definition) is 4. The number of benzene rings is 1. The van der Waals surface area contributed by atoms with Crippen molar-refractivity contribution in [3.8, 4) is 0 Å². The van der Waals surface area contributed by atoms with Crippen LogP contribution in [0.3, 0.4) is 0 Å². The Balaban J connectivity index is 0.00000225. The fourth-order valence-corrected chi connectivity index (χ4v) is 2.20. The maximum absolute atomic E-state index is 11.8.